The molecule has 0 radical (unpaired) electrons. The summed E-state index contributed by atoms with van der Waals surface area (Å²) in [5.74, 6) is -0.570. The Bertz CT molecular complexity index is 1210. The highest BCUT2D eigenvalue weighted by atomic mass is 32.2. The third-order valence-corrected chi connectivity index (χ3v) is 6.11. The van der Waals surface area contributed by atoms with Gasteiger partial charge in [0.2, 0.25) is 15.9 Å². The number of amides is 1. The van der Waals surface area contributed by atoms with Gasteiger partial charge in [-0.2, -0.15) is 0 Å². The quantitative estimate of drug-likeness (QED) is 0.493. The summed E-state index contributed by atoms with van der Waals surface area (Å²) in [5, 5.41) is 2.81. The Balaban J connectivity index is 1.78. The fourth-order valence-corrected chi connectivity index (χ4v) is 4.53. The molecule has 8 heteroatoms. The first-order valence-corrected chi connectivity index (χ1v) is 12.1. The van der Waals surface area contributed by atoms with Gasteiger partial charge in [-0.15, -0.1) is 0 Å². The molecule has 0 spiro atoms. The molecule has 0 fully saturated rings. The van der Waals surface area contributed by atoms with Gasteiger partial charge < -0.3 is 9.88 Å². The topological polar surface area (TPSA) is 97.3 Å². The lowest BCUT2D eigenvalue weighted by molar-refractivity contribution is -0.121. The molecule has 2 aromatic carbocycles. The van der Waals surface area contributed by atoms with E-state index in [0.717, 1.165) is 12.0 Å². The van der Waals surface area contributed by atoms with E-state index >= 15 is 0 Å². The zero-order valence-electron chi connectivity index (χ0n) is 18.0. The standard InChI is InChI=1S/C24H27N3O4S/c1-2-9-21-14-15-22(26-32(30,31)18-20-12-7-4-8-13-20)24(29)27(21)17-23(28)25-16-19-10-5-3-6-11-19/h3-8,10-15,26H,2,9,16-18H2,1H3,(H,25,28). The molecular weight excluding hydrogens is 426 g/mol. The molecule has 0 atom stereocenters. The van der Waals surface area contributed by atoms with E-state index < -0.39 is 15.6 Å². The average molecular weight is 454 g/mol. The van der Waals surface area contributed by atoms with Crippen molar-refractivity contribution >= 4 is 21.6 Å². The van der Waals surface area contributed by atoms with Gasteiger partial charge in [-0.3, -0.25) is 14.3 Å². The fourth-order valence-electron chi connectivity index (χ4n) is 3.34. The van der Waals surface area contributed by atoms with Crippen molar-refractivity contribution in [2.45, 2.75) is 38.6 Å². The molecule has 0 bridgehead atoms. The number of nitrogens with zero attached hydrogens (tertiary/aromatic N) is 1. The van der Waals surface area contributed by atoms with Crippen molar-refractivity contribution in [2.75, 3.05) is 4.72 Å². The van der Waals surface area contributed by atoms with Gasteiger partial charge >= 0.3 is 0 Å². The van der Waals surface area contributed by atoms with Crippen LogP contribution in [0.15, 0.2) is 77.6 Å². The van der Waals surface area contributed by atoms with Gasteiger partial charge in [0.15, 0.2) is 0 Å². The fraction of sp³-hybridized carbons (Fsp3) is 0.250. The Morgan fingerprint density at radius 1 is 0.906 bits per heavy atom. The minimum atomic E-state index is -3.79. The van der Waals surface area contributed by atoms with Crippen LogP contribution in [-0.2, 0) is 40.1 Å². The summed E-state index contributed by atoms with van der Waals surface area (Å²) < 4.78 is 28.9. The highest BCUT2D eigenvalue weighted by Crippen LogP contribution is 2.12. The number of aryl methyl sites for hydroxylation is 1. The molecule has 0 aliphatic rings. The van der Waals surface area contributed by atoms with E-state index in [0.29, 0.717) is 24.2 Å². The van der Waals surface area contributed by atoms with E-state index in [4.69, 9.17) is 0 Å². The summed E-state index contributed by atoms with van der Waals surface area (Å²) in [5.41, 5.74) is 1.63. The molecule has 1 aromatic heterocycles. The Hall–Kier alpha value is -3.39. The summed E-state index contributed by atoms with van der Waals surface area (Å²) >= 11 is 0. The molecule has 3 rings (SSSR count). The maximum Gasteiger partial charge on any atom is 0.275 e. The van der Waals surface area contributed by atoms with Crippen molar-refractivity contribution in [1.82, 2.24) is 9.88 Å². The van der Waals surface area contributed by atoms with E-state index in [1.165, 1.54) is 10.6 Å². The second-order valence-corrected chi connectivity index (χ2v) is 9.21. The van der Waals surface area contributed by atoms with Crippen LogP contribution in [0.25, 0.3) is 0 Å². The van der Waals surface area contributed by atoms with Gasteiger partial charge in [0.25, 0.3) is 5.56 Å². The number of aromatic nitrogens is 1. The average Bonchev–Trinajstić information content (AvgIpc) is 2.78. The number of carbonyl (C=O) groups excluding carboxylic acids is 1. The van der Waals surface area contributed by atoms with Crippen LogP contribution in [0.4, 0.5) is 5.69 Å². The summed E-state index contributed by atoms with van der Waals surface area (Å²) in [7, 11) is -3.79. The molecule has 0 aliphatic heterocycles. The van der Waals surface area contributed by atoms with Crippen molar-refractivity contribution in [2.24, 2.45) is 0 Å². The molecule has 0 saturated heterocycles. The first-order valence-electron chi connectivity index (χ1n) is 10.5. The van der Waals surface area contributed by atoms with E-state index in [1.807, 2.05) is 37.3 Å². The van der Waals surface area contributed by atoms with Gasteiger partial charge in [-0.05, 0) is 29.7 Å². The van der Waals surface area contributed by atoms with E-state index in [-0.39, 0.29) is 23.9 Å². The largest absolute Gasteiger partial charge is 0.350 e. The summed E-state index contributed by atoms with van der Waals surface area (Å²) in [6.45, 7) is 2.14. The second-order valence-electron chi connectivity index (χ2n) is 7.49. The van der Waals surface area contributed by atoms with Crippen molar-refractivity contribution in [3.8, 4) is 0 Å². The highest BCUT2D eigenvalue weighted by molar-refractivity contribution is 7.91. The van der Waals surface area contributed by atoms with Crippen molar-refractivity contribution in [1.29, 1.82) is 0 Å². The third-order valence-electron chi connectivity index (χ3n) is 4.87. The Labute approximate surface area is 188 Å². The van der Waals surface area contributed by atoms with Crippen LogP contribution in [0, 0.1) is 0 Å². The van der Waals surface area contributed by atoms with Crippen LogP contribution in [0.2, 0.25) is 0 Å². The van der Waals surface area contributed by atoms with Gasteiger partial charge in [0.1, 0.15) is 12.2 Å². The maximum absolute atomic E-state index is 13.1. The summed E-state index contributed by atoms with van der Waals surface area (Å²) in [4.78, 5) is 25.6. The number of rotatable bonds is 10. The SMILES string of the molecule is CCCc1ccc(NS(=O)(=O)Cc2ccccc2)c(=O)n1CC(=O)NCc1ccccc1. The molecule has 1 amide bonds. The first-order chi connectivity index (χ1) is 15.4. The predicted octanol–water partition coefficient (Wildman–Crippen LogP) is 3.06. The Kier molecular flexibility index (Phi) is 7.83. The smallest absolute Gasteiger partial charge is 0.275 e. The number of hydrogen-bond acceptors (Lipinski definition) is 4. The lowest BCUT2D eigenvalue weighted by Crippen LogP contribution is -2.35. The predicted molar refractivity (Wildman–Crippen MR) is 126 cm³/mol. The number of carbonyl (C=O) groups is 1. The van der Waals surface area contributed by atoms with E-state index in [1.54, 1.807) is 36.4 Å². The number of hydrogen-bond donors (Lipinski definition) is 2. The normalized spacial score (nSPS) is 11.2. The summed E-state index contributed by atoms with van der Waals surface area (Å²) in [6, 6.07) is 21.4. The maximum atomic E-state index is 13.1. The lowest BCUT2D eigenvalue weighted by Gasteiger charge is -2.15. The van der Waals surface area contributed by atoms with Crippen LogP contribution in [-0.4, -0.2) is 18.9 Å². The number of nitrogens with one attached hydrogen (secondary N) is 2. The van der Waals surface area contributed by atoms with Crippen LogP contribution < -0.4 is 15.6 Å². The Morgan fingerprint density at radius 3 is 2.16 bits per heavy atom. The first kappa shape index (κ1) is 23.3. The second kappa shape index (κ2) is 10.8. The van der Waals surface area contributed by atoms with Gasteiger partial charge in [-0.1, -0.05) is 74.0 Å². The molecule has 1 heterocycles. The number of sulfonamides is 1. The number of anilines is 1. The molecule has 2 N–H and O–H groups in total. The number of benzene rings is 2. The third kappa shape index (κ3) is 6.55. The minimum Gasteiger partial charge on any atom is -0.350 e. The Morgan fingerprint density at radius 2 is 1.53 bits per heavy atom. The van der Waals surface area contributed by atoms with Gasteiger partial charge in [0, 0.05) is 12.2 Å². The minimum absolute atomic E-state index is 0.0726. The molecule has 7 nitrogen and oxygen atoms in total. The molecule has 0 aliphatic carbocycles. The van der Waals surface area contributed by atoms with Crippen LogP contribution in [0.3, 0.4) is 0 Å². The van der Waals surface area contributed by atoms with Crippen LogP contribution in [0.1, 0.15) is 30.2 Å². The highest BCUT2D eigenvalue weighted by Gasteiger charge is 2.17. The molecule has 168 valence electrons. The zero-order chi connectivity index (χ0) is 23.0. The molecule has 0 saturated carbocycles. The van der Waals surface area contributed by atoms with Crippen molar-refractivity contribution in [3.05, 3.63) is 100.0 Å². The monoisotopic (exact) mass is 453 g/mol. The molecule has 32 heavy (non-hydrogen) atoms. The van der Waals surface area contributed by atoms with E-state index in [2.05, 4.69) is 10.0 Å². The van der Waals surface area contributed by atoms with E-state index in [9.17, 15) is 18.0 Å². The number of pyridine rings is 1. The van der Waals surface area contributed by atoms with Gasteiger partial charge in [-0.25, -0.2) is 8.42 Å². The lowest BCUT2D eigenvalue weighted by atomic mass is 10.2. The molecule has 0 unspecified atom stereocenters. The molecular formula is C24H27N3O4S. The van der Waals surface area contributed by atoms with Crippen LogP contribution >= 0.6 is 0 Å². The van der Waals surface area contributed by atoms with Crippen LogP contribution in [0.5, 0.6) is 0 Å². The summed E-state index contributed by atoms with van der Waals surface area (Å²) in [6.07, 6.45) is 1.38. The van der Waals surface area contributed by atoms with Crippen molar-refractivity contribution < 1.29 is 13.2 Å². The van der Waals surface area contributed by atoms with Crippen molar-refractivity contribution in [3.63, 3.8) is 0 Å². The van der Waals surface area contributed by atoms with Gasteiger partial charge in [0.05, 0.1) is 5.75 Å². The molecule has 3 aromatic rings. The zero-order valence-corrected chi connectivity index (χ0v) is 18.8.